The summed E-state index contributed by atoms with van der Waals surface area (Å²) in [6.07, 6.45) is 5.39. The lowest BCUT2D eigenvalue weighted by Crippen LogP contribution is -2.33. The van der Waals surface area contributed by atoms with E-state index in [1.165, 1.54) is 12.8 Å². The molecule has 7 heteroatoms. The van der Waals surface area contributed by atoms with Crippen LogP contribution in [0.25, 0.3) is 0 Å². The number of carbonyl (C=O) groups is 1. The monoisotopic (exact) mass is 383 g/mol. The van der Waals surface area contributed by atoms with E-state index in [-0.39, 0.29) is 18.0 Å². The van der Waals surface area contributed by atoms with Crippen LogP contribution in [0.3, 0.4) is 0 Å². The maximum atomic E-state index is 12.5. The minimum absolute atomic E-state index is 0.179. The van der Waals surface area contributed by atoms with Gasteiger partial charge in [-0.15, -0.1) is 0 Å². The number of aryl methyl sites for hydroxylation is 1. The summed E-state index contributed by atoms with van der Waals surface area (Å²) >= 11 is 0. The molecule has 0 atom stereocenters. The minimum Gasteiger partial charge on any atom is -0.357 e. The number of hydrogen-bond acceptors (Lipinski definition) is 5. The van der Waals surface area contributed by atoms with E-state index < -0.39 is 0 Å². The smallest absolute Gasteiger partial charge is 0.269 e. The van der Waals surface area contributed by atoms with Crippen molar-refractivity contribution in [1.29, 1.82) is 0 Å². The Labute approximate surface area is 165 Å². The van der Waals surface area contributed by atoms with Crippen molar-refractivity contribution in [3.8, 4) is 0 Å². The quantitative estimate of drug-likeness (QED) is 0.800. The van der Waals surface area contributed by atoms with E-state index in [0.717, 1.165) is 42.5 Å². The molecule has 0 aromatic carbocycles. The molecular weight excluding hydrogens is 354 g/mol. The molecule has 2 N–H and O–H groups in total. The fourth-order valence-electron chi connectivity index (χ4n) is 3.68. The van der Waals surface area contributed by atoms with Crippen LogP contribution in [0.2, 0.25) is 0 Å². The standard InChI is InChI=1S/C21H29N5O2/c1-4-16-17(21(28)25-24-18(16)5-2)13-23-20(27)15-6-7-19(22-12-15)26-10-8-14(3)9-11-26/h6-7,12,14H,4-5,8-11,13H2,1-3H3,(H,23,27)(H,25,28). The van der Waals surface area contributed by atoms with Crippen LogP contribution in [0.1, 0.15) is 60.8 Å². The van der Waals surface area contributed by atoms with Crippen LogP contribution in [-0.4, -0.2) is 34.2 Å². The SMILES string of the molecule is CCc1n[nH]c(=O)c(CNC(=O)c2ccc(N3CCC(C)CC3)nc2)c1CC. The molecule has 28 heavy (non-hydrogen) atoms. The molecule has 1 aliphatic rings. The van der Waals surface area contributed by atoms with Gasteiger partial charge in [-0.05, 0) is 49.3 Å². The Kier molecular flexibility index (Phi) is 6.44. The average Bonchev–Trinajstić information content (AvgIpc) is 2.73. The van der Waals surface area contributed by atoms with Crippen molar-refractivity contribution >= 4 is 11.7 Å². The van der Waals surface area contributed by atoms with Crippen LogP contribution in [0.5, 0.6) is 0 Å². The molecule has 7 nitrogen and oxygen atoms in total. The van der Waals surface area contributed by atoms with Crippen molar-refractivity contribution < 1.29 is 4.79 Å². The average molecular weight is 383 g/mol. The van der Waals surface area contributed by atoms with Gasteiger partial charge in [0.1, 0.15) is 5.82 Å². The zero-order valence-electron chi connectivity index (χ0n) is 16.9. The van der Waals surface area contributed by atoms with Crippen LogP contribution in [-0.2, 0) is 19.4 Å². The third-order valence-corrected chi connectivity index (χ3v) is 5.51. The summed E-state index contributed by atoms with van der Waals surface area (Å²) < 4.78 is 0. The zero-order chi connectivity index (χ0) is 20.1. The highest BCUT2D eigenvalue weighted by Crippen LogP contribution is 2.21. The second-order valence-corrected chi connectivity index (χ2v) is 7.42. The van der Waals surface area contributed by atoms with Gasteiger partial charge in [0.25, 0.3) is 11.5 Å². The van der Waals surface area contributed by atoms with E-state index in [4.69, 9.17) is 0 Å². The summed E-state index contributed by atoms with van der Waals surface area (Å²) in [4.78, 5) is 31.4. The molecule has 150 valence electrons. The van der Waals surface area contributed by atoms with E-state index in [1.807, 2.05) is 19.9 Å². The first-order valence-electron chi connectivity index (χ1n) is 10.1. The predicted octanol–water partition coefficient (Wildman–Crippen LogP) is 2.46. The Morgan fingerprint density at radius 2 is 1.96 bits per heavy atom. The highest BCUT2D eigenvalue weighted by molar-refractivity contribution is 5.94. The number of piperidine rings is 1. The van der Waals surface area contributed by atoms with Crippen molar-refractivity contribution in [2.45, 2.75) is 53.0 Å². The molecule has 0 bridgehead atoms. The Morgan fingerprint density at radius 3 is 2.57 bits per heavy atom. The number of anilines is 1. The van der Waals surface area contributed by atoms with E-state index >= 15 is 0 Å². The lowest BCUT2D eigenvalue weighted by atomic mass is 9.99. The van der Waals surface area contributed by atoms with Crippen molar-refractivity contribution in [2.24, 2.45) is 5.92 Å². The highest BCUT2D eigenvalue weighted by Gasteiger charge is 2.18. The largest absolute Gasteiger partial charge is 0.357 e. The van der Waals surface area contributed by atoms with E-state index in [1.54, 1.807) is 12.3 Å². The van der Waals surface area contributed by atoms with Crippen LogP contribution in [0.15, 0.2) is 23.1 Å². The molecule has 1 aliphatic heterocycles. The predicted molar refractivity (Wildman–Crippen MR) is 110 cm³/mol. The lowest BCUT2D eigenvalue weighted by molar-refractivity contribution is 0.0950. The third kappa shape index (κ3) is 4.40. The van der Waals surface area contributed by atoms with Crippen molar-refractivity contribution in [1.82, 2.24) is 20.5 Å². The van der Waals surface area contributed by atoms with Crippen molar-refractivity contribution in [3.63, 3.8) is 0 Å². The van der Waals surface area contributed by atoms with Gasteiger partial charge in [0.15, 0.2) is 0 Å². The number of pyridine rings is 1. The maximum absolute atomic E-state index is 12.5. The number of amides is 1. The number of H-pyrrole nitrogens is 1. The highest BCUT2D eigenvalue weighted by atomic mass is 16.2. The molecule has 1 fully saturated rings. The number of aromatic nitrogens is 3. The Balaban J connectivity index is 1.67. The fourth-order valence-corrected chi connectivity index (χ4v) is 3.68. The fraction of sp³-hybridized carbons (Fsp3) is 0.524. The summed E-state index contributed by atoms with van der Waals surface area (Å²) in [6, 6.07) is 3.70. The second-order valence-electron chi connectivity index (χ2n) is 7.42. The normalized spacial score (nSPS) is 14.9. The summed E-state index contributed by atoms with van der Waals surface area (Å²) in [6.45, 7) is 8.45. The van der Waals surface area contributed by atoms with Crippen molar-refractivity contribution in [2.75, 3.05) is 18.0 Å². The van der Waals surface area contributed by atoms with Gasteiger partial charge >= 0.3 is 0 Å². The van der Waals surface area contributed by atoms with Gasteiger partial charge in [0.05, 0.1) is 11.3 Å². The number of rotatable bonds is 6. The Hall–Kier alpha value is -2.70. The molecule has 2 aromatic heterocycles. The van der Waals surface area contributed by atoms with Crippen LogP contribution in [0.4, 0.5) is 5.82 Å². The zero-order valence-corrected chi connectivity index (χ0v) is 16.9. The molecule has 0 aliphatic carbocycles. The number of nitrogens with zero attached hydrogens (tertiary/aromatic N) is 3. The van der Waals surface area contributed by atoms with Gasteiger partial charge in [-0.25, -0.2) is 10.1 Å². The molecule has 3 rings (SSSR count). The summed E-state index contributed by atoms with van der Waals surface area (Å²) in [5.74, 6) is 1.44. The van der Waals surface area contributed by atoms with Gasteiger partial charge in [0, 0.05) is 31.4 Å². The topological polar surface area (TPSA) is 91.0 Å². The maximum Gasteiger partial charge on any atom is 0.269 e. The van der Waals surface area contributed by atoms with E-state index in [9.17, 15) is 9.59 Å². The first-order chi connectivity index (χ1) is 13.5. The van der Waals surface area contributed by atoms with Gasteiger partial charge in [-0.1, -0.05) is 20.8 Å². The summed E-state index contributed by atoms with van der Waals surface area (Å²) in [7, 11) is 0. The van der Waals surface area contributed by atoms with Crippen molar-refractivity contribution in [3.05, 3.63) is 51.1 Å². The Bertz CT molecular complexity index is 867. The molecule has 1 amide bonds. The van der Waals surface area contributed by atoms with Gasteiger partial charge < -0.3 is 10.2 Å². The molecule has 0 saturated carbocycles. The van der Waals surface area contributed by atoms with Gasteiger partial charge in [0.2, 0.25) is 0 Å². The second kappa shape index (κ2) is 8.99. The number of hydrogen-bond donors (Lipinski definition) is 2. The number of carbonyl (C=O) groups excluding carboxylic acids is 1. The first kappa shape index (κ1) is 20.0. The van der Waals surface area contributed by atoms with Gasteiger partial charge in [-0.2, -0.15) is 5.10 Å². The lowest BCUT2D eigenvalue weighted by Gasteiger charge is -2.31. The first-order valence-corrected chi connectivity index (χ1v) is 10.1. The number of aromatic amines is 1. The van der Waals surface area contributed by atoms with Crippen LogP contribution in [0, 0.1) is 5.92 Å². The summed E-state index contributed by atoms with van der Waals surface area (Å²) in [5, 5.41) is 9.48. The van der Waals surface area contributed by atoms with E-state index in [2.05, 4.69) is 32.3 Å². The van der Waals surface area contributed by atoms with Crippen LogP contribution >= 0.6 is 0 Å². The molecule has 0 unspecified atom stereocenters. The molecule has 0 radical (unpaired) electrons. The molecule has 0 spiro atoms. The van der Waals surface area contributed by atoms with Crippen LogP contribution < -0.4 is 15.8 Å². The third-order valence-electron chi connectivity index (χ3n) is 5.51. The number of nitrogens with one attached hydrogen (secondary N) is 2. The minimum atomic E-state index is -0.248. The molecule has 2 aromatic rings. The van der Waals surface area contributed by atoms with Gasteiger partial charge in [-0.3, -0.25) is 9.59 Å². The Morgan fingerprint density at radius 1 is 1.21 bits per heavy atom. The summed E-state index contributed by atoms with van der Waals surface area (Å²) in [5.41, 5.74) is 2.61. The molecule has 1 saturated heterocycles. The molecular formula is C21H29N5O2. The van der Waals surface area contributed by atoms with E-state index in [0.29, 0.717) is 17.5 Å². The molecule has 3 heterocycles.